The van der Waals surface area contributed by atoms with Crippen molar-refractivity contribution in [2.24, 2.45) is 0 Å². The van der Waals surface area contributed by atoms with Crippen LogP contribution in [0.5, 0.6) is 0 Å². The Bertz CT molecular complexity index is 768. The Balaban J connectivity index is 2.16. The Kier molecular flexibility index (Phi) is 3.10. The van der Waals surface area contributed by atoms with E-state index in [1.165, 1.54) is 34.0 Å². The number of benzene rings is 1. The fourth-order valence-electron chi connectivity index (χ4n) is 2.60. The molecule has 0 unspecified atom stereocenters. The van der Waals surface area contributed by atoms with Crippen molar-refractivity contribution in [2.45, 2.75) is 20.8 Å². The van der Waals surface area contributed by atoms with Gasteiger partial charge in [-0.05, 0) is 44.5 Å². The number of nitrogens with two attached hydrogens (primary N) is 1. The van der Waals surface area contributed by atoms with Crippen molar-refractivity contribution in [1.82, 2.24) is 9.55 Å². The minimum Gasteiger partial charge on any atom is -0.375 e. The van der Waals surface area contributed by atoms with E-state index in [0.717, 1.165) is 11.3 Å². The van der Waals surface area contributed by atoms with E-state index >= 15 is 0 Å². The van der Waals surface area contributed by atoms with Crippen LogP contribution in [0.2, 0.25) is 0 Å². The van der Waals surface area contributed by atoms with Crippen molar-refractivity contribution in [2.75, 3.05) is 5.73 Å². The van der Waals surface area contributed by atoms with Crippen molar-refractivity contribution < 1.29 is 0 Å². The lowest BCUT2D eigenvalue weighted by atomic mass is 10.2. The summed E-state index contributed by atoms with van der Waals surface area (Å²) in [5, 5.41) is 2.62. The number of aromatic nitrogens is 2. The molecule has 0 atom stereocenters. The summed E-state index contributed by atoms with van der Waals surface area (Å²) in [6, 6.07) is 10.7. The summed E-state index contributed by atoms with van der Waals surface area (Å²) in [5.41, 5.74) is 12.7. The molecule has 0 bridgehead atoms. The van der Waals surface area contributed by atoms with Gasteiger partial charge >= 0.3 is 0 Å². The molecule has 20 heavy (non-hydrogen) atoms. The molecule has 102 valence electrons. The third-order valence-corrected chi connectivity index (χ3v) is 4.16. The van der Waals surface area contributed by atoms with Gasteiger partial charge in [-0.1, -0.05) is 12.1 Å². The first-order valence-corrected chi connectivity index (χ1v) is 7.41. The Hall–Kier alpha value is -2.07. The number of rotatable bonds is 2. The van der Waals surface area contributed by atoms with Gasteiger partial charge in [-0.15, -0.1) is 11.3 Å². The lowest BCUT2D eigenvalue weighted by Gasteiger charge is -2.10. The fourth-order valence-corrected chi connectivity index (χ4v) is 3.16. The van der Waals surface area contributed by atoms with Crippen LogP contribution in [0, 0.1) is 20.8 Å². The van der Waals surface area contributed by atoms with Gasteiger partial charge in [0.15, 0.2) is 5.13 Å². The van der Waals surface area contributed by atoms with Crippen LogP contribution in [0.15, 0.2) is 35.7 Å². The van der Waals surface area contributed by atoms with E-state index in [2.05, 4.69) is 60.7 Å². The van der Waals surface area contributed by atoms with Crippen molar-refractivity contribution >= 4 is 16.5 Å². The van der Waals surface area contributed by atoms with Gasteiger partial charge < -0.3 is 10.3 Å². The summed E-state index contributed by atoms with van der Waals surface area (Å²) < 4.78 is 2.26. The van der Waals surface area contributed by atoms with Crippen LogP contribution in [-0.2, 0) is 0 Å². The van der Waals surface area contributed by atoms with Gasteiger partial charge in [-0.25, -0.2) is 4.98 Å². The Labute approximate surface area is 122 Å². The zero-order valence-electron chi connectivity index (χ0n) is 11.8. The molecule has 3 aromatic rings. The molecular formula is C16H17N3S. The zero-order chi connectivity index (χ0) is 14.3. The summed E-state index contributed by atoms with van der Waals surface area (Å²) in [5.74, 6) is 0. The predicted octanol–water partition coefficient (Wildman–Crippen LogP) is 4.11. The maximum absolute atomic E-state index is 5.74. The fraction of sp³-hybridized carbons (Fsp3) is 0.188. The molecule has 2 heterocycles. The number of hydrogen-bond acceptors (Lipinski definition) is 3. The van der Waals surface area contributed by atoms with Gasteiger partial charge in [-0.3, -0.25) is 0 Å². The normalized spacial score (nSPS) is 10.9. The minimum absolute atomic E-state index is 0.611. The molecule has 3 rings (SSSR count). The predicted molar refractivity (Wildman–Crippen MR) is 85.5 cm³/mol. The second-order valence-corrected chi connectivity index (χ2v) is 5.92. The largest absolute Gasteiger partial charge is 0.375 e. The van der Waals surface area contributed by atoms with E-state index < -0.39 is 0 Å². The van der Waals surface area contributed by atoms with Gasteiger partial charge in [0.25, 0.3) is 0 Å². The SMILES string of the molecule is Cc1cccc(-n2c(C)cc(-c3csc(N)n3)c2C)c1. The Morgan fingerprint density at radius 3 is 2.60 bits per heavy atom. The van der Waals surface area contributed by atoms with Crippen LogP contribution in [-0.4, -0.2) is 9.55 Å². The van der Waals surface area contributed by atoms with Crippen LogP contribution in [0.3, 0.4) is 0 Å². The molecule has 0 fully saturated rings. The lowest BCUT2D eigenvalue weighted by Crippen LogP contribution is -1.99. The van der Waals surface area contributed by atoms with E-state index in [4.69, 9.17) is 5.73 Å². The molecule has 0 aliphatic rings. The van der Waals surface area contributed by atoms with E-state index in [0.29, 0.717) is 5.13 Å². The zero-order valence-corrected chi connectivity index (χ0v) is 12.7. The number of thiazole rings is 1. The average molecular weight is 283 g/mol. The lowest BCUT2D eigenvalue weighted by molar-refractivity contribution is 0.964. The van der Waals surface area contributed by atoms with E-state index in [1.807, 2.05) is 5.38 Å². The Morgan fingerprint density at radius 2 is 1.95 bits per heavy atom. The second-order valence-electron chi connectivity index (χ2n) is 5.03. The number of anilines is 1. The molecule has 0 spiro atoms. The van der Waals surface area contributed by atoms with Crippen LogP contribution in [0.1, 0.15) is 17.0 Å². The molecule has 0 saturated carbocycles. The maximum atomic E-state index is 5.74. The molecule has 0 radical (unpaired) electrons. The molecule has 0 saturated heterocycles. The third-order valence-electron chi connectivity index (χ3n) is 3.49. The van der Waals surface area contributed by atoms with E-state index in [1.54, 1.807) is 0 Å². The Morgan fingerprint density at radius 1 is 1.15 bits per heavy atom. The van der Waals surface area contributed by atoms with Gasteiger partial charge in [0.1, 0.15) is 0 Å². The topological polar surface area (TPSA) is 43.8 Å². The number of nitrogen functional groups attached to an aromatic ring is 1. The summed E-state index contributed by atoms with van der Waals surface area (Å²) in [4.78, 5) is 4.39. The molecule has 2 N–H and O–H groups in total. The minimum atomic E-state index is 0.611. The van der Waals surface area contributed by atoms with Gasteiger partial charge in [0, 0.05) is 28.0 Å². The molecule has 0 aliphatic carbocycles. The highest BCUT2D eigenvalue weighted by Crippen LogP contribution is 2.30. The maximum Gasteiger partial charge on any atom is 0.180 e. The van der Waals surface area contributed by atoms with E-state index in [9.17, 15) is 0 Å². The van der Waals surface area contributed by atoms with Crippen LogP contribution >= 0.6 is 11.3 Å². The summed E-state index contributed by atoms with van der Waals surface area (Å²) in [7, 11) is 0. The first-order chi connectivity index (χ1) is 9.56. The highest BCUT2D eigenvalue weighted by Gasteiger charge is 2.14. The molecule has 0 aliphatic heterocycles. The molecule has 3 nitrogen and oxygen atoms in total. The summed E-state index contributed by atoms with van der Waals surface area (Å²) >= 11 is 1.48. The molecule has 2 aromatic heterocycles. The monoisotopic (exact) mass is 283 g/mol. The van der Waals surface area contributed by atoms with Crippen LogP contribution in [0.4, 0.5) is 5.13 Å². The smallest absolute Gasteiger partial charge is 0.180 e. The van der Waals surface area contributed by atoms with Crippen LogP contribution in [0.25, 0.3) is 16.9 Å². The molecular weight excluding hydrogens is 266 g/mol. The first kappa shape index (κ1) is 12.9. The van der Waals surface area contributed by atoms with Crippen molar-refractivity contribution in [3.8, 4) is 16.9 Å². The van der Waals surface area contributed by atoms with Gasteiger partial charge in [0.2, 0.25) is 0 Å². The van der Waals surface area contributed by atoms with Crippen molar-refractivity contribution in [3.63, 3.8) is 0 Å². The molecule has 0 amide bonds. The molecule has 1 aromatic carbocycles. The highest BCUT2D eigenvalue weighted by molar-refractivity contribution is 7.13. The van der Waals surface area contributed by atoms with Crippen molar-refractivity contribution in [1.29, 1.82) is 0 Å². The average Bonchev–Trinajstić information content (AvgIpc) is 2.93. The first-order valence-electron chi connectivity index (χ1n) is 6.53. The van der Waals surface area contributed by atoms with Gasteiger partial charge in [0.05, 0.1) is 5.69 Å². The van der Waals surface area contributed by atoms with Crippen LogP contribution < -0.4 is 5.73 Å². The second kappa shape index (κ2) is 4.80. The number of nitrogens with zero attached hydrogens (tertiary/aromatic N) is 2. The third kappa shape index (κ3) is 2.12. The highest BCUT2D eigenvalue weighted by atomic mass is 32.1. The standard InChI is InChI=1S/C16H17N3S/c1-10-5-4-6-13(7-10)19-11(2)8-14(12(19)3)15-9-20-16(17)18-15/h4-9H,1-3H3,(H2,17,18). The number of aryl methyl sites for hydroxylation is 2. The van der Waals surface area contributed by atoms with E-state index in [-0.39, 0.29) is 0 Å². The quantitative estimate of drug-likeness (QED) is 0.769. The number of hydrogen-bond donors (Lipinski definition) is 1. The van der Waals surface area contributed by atoms with Gasteiger partial charge in [-0.2, -0.15) is 0 Å². The van der Waals surface area contributed by atoms with Crippen molar-refractivity contribution in [3.05, 3.63) is 52.7 Å². The molecule has 4 heteroatoms. The summed E-state index contributed by atoms with van der Waals surface area (Å²) in [6.45, 7) is 6.36. The summed E-state index contributed by atoms with van der Waals surface area (Å²) in [6.07, 6.45) is 0.